The molecule has 0 unspecified atom stereocenters. The molecule has 0 aromatic carbocycles. The molecule has 1 heterocycles. The van der Waals surface area contributed by atoms with Crippen LogP contribution < -0.4 is 5.32 Å². The molecule has 20 heavy (non-hydrogen) atoms. The van der Waals surface area contributed by atoms with Crippen LogP contribution in [0, 0.1) is 0 Å². The van der Waals surface area contributed by atoms with Gasteiger partial charge in [0.15, 0.2) is 11.9 Å². The number of aromatic amines is 1. The topological polar surface area (TPSA) is 115 Å². The fourth-order valence-electron chi connectivity index (χ4n) is 1.25. The van der Waals surface area contributed by atoms with Crippen LogP contribution in [0.5, 0.6) is 0 Å². The molecule has 2 N–H and O–H groups in total. The maximum atomic E-state index is 11.7. The molecule has 8 heteroatoms. The zero-order valence-electron chi connectivity index (χ0n) is 11.2. The smallest absolute Gasteiger partial charge is 0.413 e. The van der Waals surface area contributed by atoms with E-state index in [2.05, 4.69) is 9.72 Å². The van der Waals surface area contributed by atoms with E-state index < -0.39 is 24.1 Å². The number of amides is 2. The largest absolute Gasteiger partial charge is 0.453 e. The number of aromatic nitrogens is 1. The number of ether oxygens (including phenoxy) is 2. The molecule has 1 aromatic rings. The minimum atomic E-state index is -1.19. The summed E-state index contributed by atoms with van der Waals surface area (Å²) >= 11 is 0. The first-order valence-electron chi connectivity index (χ1n) is 5.64. The fourth-order valence-corrected chi connectivity index (χ4v) is 1.25. The number of carbonyl (C=O) groups is 4. The highest BCUT2D eigenvalue weighted by Crippen LogP contribution is 2.07. The number of H-pyrrole nitrogens is 1. The van der Waals surface area contributed by atoms with Crippen LogP contribution in [0.2, 0.25) is 0 Å². The SMILES string of the molecule is COC(=O)NC(=O)[C@@H](C)OC(=O)c1cc(C(C)=O)c[nH]1. The van der Waals surface area contributed by atoms with Gasteiger partial charge in [-0.2, -0.15) is 0 Å². The van der Waals surface area contributed by atoms with E-state index in [0.717, 1.165) is 7.11 Å². The van der Waals surface area contributed by atoms with E-state index in [4.69, 9.17) is 4.74 Å². The number of hydrogen-bond donors (Lipinski definition) is 2. The molecule has 2 amide bonds. The minimum absolute atomic E-state index is 0.0351. The summed E-state index contributed by atoms with van der Waals surface area (Å²) in [5.74, 6) is -1.84. The van der Waals surface area contributed by atoms with Crippen molar-refractivity contribution in [2.75, 3.05) is 7.11 Å². The third-order valence-corrected chi connectivity index (χ3v) is 2.37. The lowest BCUT2D eigenvalue weighted by atomic mass is 10.2. The van der Waals surface area contributed by atoms with E-state index in [1.165, 1.54) is 26.1 Å². The van der Waals surface area contributed by atoms with Crippen LogP contribution in [0.25, 0.3) is 0 Å². The number of rotatable bonds is 4. The predicted molar refractivity (Wildman–Crippen MR) is 66.2 cm³/mol. The number of ketones is 1. The lowest BCUT2D eigenvalue weighted by Crippen LogP contribution is -2.39. The van der Waals surface area contributed by atoms with Gasteiger partial charge in [-0.05, 0) is 19.9 Å². The summed E-state index contributed by atoms with van der Waals surface area (Å²) in [7, 11) is 1.10. The van der Waals surface area contributed by atoms with Gasteiger partial charge in [-0.3, -0.25) is 14.9 Å². The molecule has 108 valence electrons. The number of esters is 1. The maximum Gasteiger partial charge on any atom is 0.413 e. The summed E-state index contributed by atoms with van der Waals surface area (Å²) in [5.41, 5.74) is 0.358. The average molecular weight is 282 g/mol. The molecule has 0 spiro atoms. The molecule has 8 nitrogen and oxygen atoms in total. The van der Waals surface area contributed by atoms with E-state index in [-0.39, 0.29) is 11.5 Å². The number of methoxy groups -OCH3 is 1. The van der Waals surface area contributed by atoms with Crippen molar-refractivity contribution < 1.29 is 28.7 Å². The molecule has 0 fully saturated rings. The average Bonchev–Trinajstić information content (AvgIpc) is 2.88. The molecule has 0 saturated carbocycles. The van der Waals surface area contributed by atoms with Crippen LogP contribution in [0.1, 0.15) is 34.7 Å². The molecular formula is C12H14N2O6. The molecule has 0 aliphatic rings. The van der Waals surface area contributed by atoms with Gasteiger partial charge >= 0.3 is 12.1 Å². The minimum Gasteiger partial charge on any atom is -0.453 e. The second kappa shape index (κ2) is 6.50. The Hall–Kier alpha value is -2.64. The number of carbonyl (C=O) groups excluding carboxylic acids is 4. The van der Waals surface area contributed by atoms with Crippen LogP contribution >= 0.6 is 0 Å². The summed E-state index contributed by atoms with van der Waals surface area (Å²) in [5, 5.41) is 1.87. The Morgan fingerprint density at radius 3 is 2.45 bits per heavy atom. The highest BCUT2D eigenvalue weighted by atomic mass is 16.6. The van der Waals surface area contributed by atoms with Crippen LogP contribution in [0.4, 0.5) is 4.79 Å². The van der Waals surface area contributed by atoms with Crippen molar-refractivity contribution in [3.05, 3.63) is 23.5 Å². The van der Waals surface area contributed by atoms with Gasteiger partial charge in [-0.15, -0.1) is 0 Å². The van der Waals surface area contributed by atoms with E-state index >= 15 is 0 Å². The van der Waals surface area contributed by atoms with Crippen molar-refractivity contribution in [1.29, 1.82) is 0 Å². The Kier molecular flexibility index (Phi) is 5.01. The Morgan fingerprint density at radius 1 is 1.30 bits per heavy atom. The van der Waals surface area contributed by atoms with Crippen molar-refractivity contribution in [3.8, 4) is 0 Å². The van der Waals surface area contributed by atoms with E-state index in [9.17, 15) is 19.2 Å². The van der Waals surface area contributed by atoms with Gasteiger partial charge in [0.2, 0.25) is 0 Å². The summed E-state index contributed by atoms with van der Waals surface area (Å²) in [4.78, 5) is 47.6. The Bertz CT molecular complexity index is 548. The van der Waals surface area contributed by atoms with E-state index in [1.54, 1.807) is 0 Å². The maximum absolute atomic E-state index is 11.7. The molecule has 1 aromatic heterocycles. The van der Waals surface area contributed by atoms with Gasteiger partial charge < -0.3 is 14.5 Å². The Labute approximate surface area is 114 Å². The number of imide groups is 1. The van der Waals surface area contributed by atoms with Crippen LogP contribution in [0.3, 0.4) is 0 Å². The molecule has 0 aliphatic carbocycles. The second-order valence-corrected chi connectivity index (χ2v) is 3.89. The number of hydrogen-bond acceptors (Lipinski definition) is 6. The zero-order valence-corrected chi connectivity index (χ0v) is 11.2. The molecular weight excluding hydrogens is 268 g/mol. The van der Waals surface area contributed by atoms with Crippen LogP contribution in [0.15, 0.2) is 12.3 Å². The monoisotopic (exact) mass is 282 g/mol. The van der Waals surface area contributed by atoms with Crippen molar-refractivity contribution in [2.24, 2.45) is 0 Å². The fraction of sp³-hybridized carbons (Fsp3) is 0.333. The van der Waals surface area contributed by atoms with Crippen molar-refractivity contribution in [3.63, 3.8) is 0 Å². The second-order valence-electron chi connectivity index (χ2n) is 3.89. The Balaban J connectivity index is 2.62. The molecule has 1 rings (SSSR count). The molecule has 0 aliphatic heterocycles. The van der Waals surface area contributed by atoms with Gasteiger partial charge in [-0.25, -0.2) is 9.59 Å². The molecule has 0 saturated heterocycles. The first-order valence-corrected chi connectivity index (χ1v) is 5.64. The number of Topliss-reactive ketones (excluding diaryl/α,β-unsaturated/α-hetero) is 1. The van der Waals surface area contributed by atoms with Gasteiger partial charge in [0.05, 0.1) is 7.11 Å². The summed E-state index contributed by atoms with van der Waals surface area (Å²) < 4.78 is 9.07. The van der Waals surface area contributed by atoms with E-state index in [0.29, 0.717) is 5.56 Å². The van der Waals surface area contributed by atoms with Crippen molar-refractivity contribution in [2.45, 2.75) is 20.0 Å². The quantitative estimate of drug-likeness (QED) is 0.618. The van der Waals surface area contributed by atoms with E-state index in [1.807, 2.05) is 5.32 Å². The molecule has 1 atom stereocenters. The highest BCUT2D eigenvalue weighted by molar-refractivity contribution is 5.99. The molecule has 0 bridgehead atoms. The zero-order chi connectivity index (χ0) is 15.3. The van der Waals surface area contributed by atoms with Crippen molar-refractivity contribution >= 4 is 23.8 Å². The first kappa shape index (κ1) is 15.4. The predicted octanol–water partition coefficient (Wildman–Crippen LogP) is 0.645. The molecule has 0 radical (unpaired) electrons. The van der Waals surface area contributed by atoms with Crippen LogP contribution in [-0.4, -0.2) is 42.0 Å². The normalized spacial score (nSPS) is 11.3. The Morgan fingerprint density at radius 2 is 1.95 bits per heavy atom. The summed E-state index contributed by atoms with van der Waals surface area (Å²) in [6.45, 7) is 2.65. The lowest BCUT2D eigenvalue weighted by Gasteiger charge is -2.11. The third-order valence-electron chi connectivity index (χ3n) is 2.37. The third kappa shape index (κ3) is 3.94. The van der Waals surface area contributed by atoms with Crippen LogP contribution in [-0.2, 0) is 14.3 Å². The lowest BCUT2D eigenvalue weighted by molar-refractivity contribution is -0.128. The number of nitrogens with one attached hydrogen (secondary N) is 2. The van der Waals surface area contributed by atoms with Gasteiger partial charge in [0, 0.05) is 11.8 Å². The summed E-state index contributed by atoms with van der Waals surface area (Å²) in [6.07, 6.45) is -0.778. The highest BCUT2D eigenvalue weighted by Gasteiger charge is 2.22. The summed E-state index contributed by atoms with van der Waals surface area (Å²) in [6, 6.07) is 1.32. The van der Waals surface area contributed by atoms with Gasteiger partial charge in [-0.1, -0.05) is 0 Å². The van der Waals surface area contributed by atoms with Crippen molar-refractivity contribution in [1.82, 2.24) is 10.3 Å². The standard InChI is InChI=1S/C12H14N2O6/c1-6(15)8-4-9(13-5-8)11(17)20-7(2)10(16)14-12(18)19-3/h4-5,7,13H,1-3H3,(H,14,16,18)/t7-/m1/s1. The van der Waals surface area contributed by atoms with Gasteiger partial charge in [0.25, 0.3) is 5.91 Å². The number of alkyl carbamates (subject to hydrolysis) is 1. The van der Waals surface area contributed by atoms with Gasteiger partial charge in [0.1, 0.15) is 5.69 Å². The first-order chi connectivity index (χ1) is 9.35.